The molecular weight excluding hydrogens is 442 g/mol. The molecule has 3 aliphatic rings. The number of carbonyl (C=O) groups is 1. The fourth-order valence-corrected chi connectivity index (χ4v) is 5.20. The molecule has 0 spiro atoms. The highest BCUT2D eigenvalue weighted by Crippen LogP contribution is 2.24. The van der Waals surface area contributed by atoms with E-state index >= 15 is 0 Å². The molecule has 5 rings (SSSR count). The van der Waals surface area contributed by atoms with Crippen LogP contribution in [0.3, 0.4) is 0 Å². The van der Waals surface area contributed by atoms with Gasteiger partial charge in [0.2, 0.25) is 6.23 Å². The number of rotatable bonds is 7. The molecule has 3 heterocycles. The summed E-state index contributed by atoms with van der Waals surface area (Å²) in [6.45, 7) is 8.88. The SMILES string of the molecule is CCOC(=O)CN1CCC(N2CCN(c3ccc(C4=NOC(c5ccccc5)N4)cc3)CC2)CC1. The average Bonchev–Trinajstić information content (AvgIpc) is 3.41. The number of likely N-dealkylation sites (tertiary alicyclic amines) is 1. The number of nitrogens with one attached hydrogen (secondary N) is 1. The molecular formula is C27H35N5O3. The van der Waals surface area contributed by atoms with Crippen LogP contribution in [0.4, 0.5) is 5.69 Å². The van der Waals surface area contributed by atoms with E-state index in [9.17, 15) is 4.79 Å². The Morgan fingerprint density at radius 2 is 1.71 bits per heavy atom. The van der Waals surface area contributed by atoms with Crippen molar-refractivity contribution in [2.24, 2.45) is 5.16 Å². The number of anilines is 1. The highest BCUT2D eigenvalue weighted by Gasteiger charge is 2.28. The Labute approximate surface area is 207 Å². The first-order chi connectivity index (χ1) is 17.2. The van der Waals surface area contributed by atoms with Gasteiger partial charge in [0.1, 0.15) is 0 Å². The largest absolute Gasteiger partial charge is 0.465 e. The lowest BCUT2D eigenvalue weighted by Gasteiger charge is -2.43. The molecule has 0 radical (unpaired) electrons. The summed E-state index contributed by atoms with van der Waals surface area (Å²) in [6.07, 6.45) is 2.00. The van der Waals surface area contributed by atoms with Gasteiger partial charge in [0.05, 0.1) is 13.2 Å². The summed E-state index contributed by atoms with van der Waals surface area (Å²) in [5, 5.41) is 7.62. The van der Waals surface area contributed by atoms with Crippen molar-refractivity contribution in [1.82, 2.24) is 15.1 Å². The lowest BCUT2D eigenvalue weighted by molar-refractivity contribution is -0.144. The van der Waals surface area contributed by atoms with Crippen LogP contribution in [-0.4, -0.2) is 80.1 Å². The lowest BCUT2D eigenvalue weighted by atomic mass is 10.0. The summed E-state index contributed by atoms with van der Waals surface area (Å²) in [7, 11) is 0. The number of piperidine rings is 1. The van der Waals surface area contributed by atoms with E-state index in [0.717, 1.165) is 69.1 Å². The minimum absolute atomic E-state index is 0.107. The summed E-state index contributed by atoms with van der Waals surface area (Å²) in [6, 6.07) is 19.3. The zero-order chi connectivity index (χ0) is 24.0. The minimum Gasteiger partial charge on any atom is -0.465 e. The van der Waals surface area contributed by atoms with Crippen LogP contribution in [0.2, 0.25) is 0 Å². The average molecular weight is 478 g/mol. The van der Waals surface area contributed by atoms with Gasteiger partial charge in [-0.2, -0.15) is 0 Å². The van der Waals surface area contributed by atoms with Crippen molar-refractivity contribution in [3.05, 3.63) is 65.7 Å². The molecule has 2 saturated heterocycles. The Hall–Kier alpha value is -3.10. The van der Waals surface area contributed by atoms with Crippen molar-refractivity contribution in [3.63, 3.8) is 0 Å². The van der Waals surface area contributed by atoms with E-state index in [2.05, 4.69) is 49.4 Å². The van der Waals surface area contributed by atoms with Gasteiger partial charge >= 0.3 is 5.97 Å². The lowest BCUT2D eigenvalue weighted by Crippen LogP contribution is -2.53. The quantitative estimate of drug-likeness (QED) is 0.615. The van der Waals surface area contributed by atoms with Crippen LogP contribution in [0.1, 0.15) is 37.1 Å². The summed E-state index contributed by atoms with van der Waals surface area (Å²) in [4.78, 5) is 24.6. The van der Waals surface area contributed by atoms with Gasteiger partial charge < -0.3 is 19.8 Å². The van der Waals surface area contributed by atoms with Gasteiger partial charge in [0, 0.05) is 62.1 Å². The highest BCUT2D eigenvalue weighted by molar-refractivity contribution is 5.99. The van der Waals surface area contributed by atoms with Crippen LogP contribution in [0.25, 0.3) is 0 Å². The first kappa shape index (κ1) is 23.6. The molecule has 0 bridgehead atoms. The third-order valence-electron chi connectivity index (χ3n) is 7.17. The molecule has 3 aliphatic heterocycles. The first-order valence-corrected chi connectivity index (χ1v) is 12.7. The molecule has 2 aromatic carbocycles. The first-order valence-electron chi connectivity index (χ1n) is 12.7. The third-order valence-corrected chi connectivity index (χ3v) is 7.17. The Bertz CT molecular complexity index is 997. The van der Waals surface area contributed by atoms with Crippen LogP contribution in [-0.2, 0) is 14.4 Å². The molecule has 2 fully saturated rings. The number of amidine groups is 1. The molecule has 186 valence electrons. The summed E-state index contributed by atoms with van der Waals surface area (Å²) in [5.41, 5.74) is 3.34. The van der Waals surface area contributed by atoms with Gasteiger partial charge in [-0.3, -0.25) is 14.6 Å². The monoisotopic (exact) mass is 477 g/mol. The highest BCUT2D eigenvalue weighted by atomic mass is 16.7. The van der Waals surface area contributed by atoms with Crippen molar-refractivity contribution in [3.8, 4) is 0 Å². The van der Waals surface area contributed by atoms with E-state index in [1.54, 1.807) is 0 Å². The fourth-order valence-electron chi connectivity index (χ4n) is 5.20. The fraction of sp³-hybridized carbons (Fsp3) is 0.481. The maximum absolute atomic E-state index is 11.7. The number of carbonyl (C=O) groups excluding carboxylic acids is 1. The third kappa shape index (κ3) is 5.77. The van der Waals surface area contributed by atoms with Crippen molar-refractivity contribution < 1.29 is 14.4 Å². The number of hydrogen-bond acceptors (Lipinski definition) is 8. The zero-order valence-electron chi connectivity index (χ0n) is 20.4. The molecule has 8 heteroatoms. The van der Waals surface area contributed by atoms with Crippen LogP contribution < -0.4 is 10.2 Å². The second-order valence-electron chi connectivity index (χ2n) is 9.36. The summed E-state index contributed by atoms with van der Waals surface area (Å²) < 4.78 is 5.09. The summed E-state index contributed by atoms with van der Waals surface area (Å²) >= 11 is 0. The second kappa shape index (κ2) is 11.1. The van der Waals surface area contributed by atoms with E-state index < -0.39 is 0 Å². The Morgan fingerprint density at radius 1 is 1.00 bits per heavy atom. The number of hydrogen-bond donors (Lipinski definition) is 1. The number of nitrogens with zero attached hydrogens (tertiary/aromatic N) is 4. The van der Waals surface area contributed by atoms with E-state index in [-0.39, 0.29) is 12.2 Å². The molecule has 1 unspecified atom stereocenters. The van der Waals surface area contributed by atoms with Gasteiger partial charge in [-0.05, 0) is 44.0 Å². The molecule has 0 aliphatic carbocycles. The smallest absolute Gasteiger partial charge is 0.320 e. The Morgan fingerprint density at radius 3 is 2.40 bits per heavy atom. The van der Waals surface area contributed by atoms with Gasteiger partial charge in [-0.15, -0.1) is 0 Å². The summed E-state index contributed by atoms with van der Waals surface area (Å²) in [5.74, 6) is 0.662. The van der Waals surface area contributed by atoms with Crippen LogP contribution in [0.15, 0.2) is 59.8 Å². The number of oxime groups is 1. The molecule has 35 heavy (non-hydrogen) atoms. The van der Waals surface area contributed by atoms with Gasteiger partial charge in [0.25, 0.3) is 0 Å². The van der Waals surface area contributed by atoms with Gasteiger partial charge in [-0.25, -0.2) is 0 Å². The van der Waals surface area contributed by atoms with Crippen molar-refractivity contribution >= 4 is 17.5 Å². The molecule has 0 amide bonds. The molecule has 1 atom stereocenters. The topological polar surface area (TPSA) is 69.6 Å². The van der Waals surface area contributed by atoms with Crippen molar-refractivity contribution in [1.29, 1.82) is 0 Å². The molecule has 8 nitrogen and oxygen atoms in total. The molecule has 2 aromatic rings. The van der Waals surface area contributed by atoms with Crippen LogP contribution >= 0.6 is 0 Å². The molecule has 1 N–H and O–H groups in total. The maximum atomic E-state index is 11.7. The normalized spacial score (nSPS) is 21.8. The second-order valence-corrected chi connectivity index (χ2v) is 9.36. The molecule has 0 aromatic heterocycles. The molecule has 0 saturated carbocycles. The van der Waals surface area contributed by atoms with E-state index in [0.29, 0.717) is 19.2 Å². The van der Waals surface area contributed by atoms with Crippen molar-refractivity contribution in [2.45, 2.75) is 32.0 Å². The minimum atomic E-state index is -0.240. The predicted molar refractivity (Wildman–Crippen MR) is 136 cm³/mol. The van der Waals surface area contributed by atoms with E-state index in [1.165, 1.54) is 5.69 Å². The number of ether oxygens (including phenoxy) is 1. The predicted octanol–water partition coefficient (Wildman–Crippen LogP) is 2.82. The Balaban J connectivity index is 1.08. The van der Waals surface area contributed by atoms with Crippen molar-refractivity contribution in [2.75, 3.05) is 57.3 Å². The van der Waals surface area contributed by atoms with Crippen LogP contribution in [0, 0.1) is 0 Å². The van der Waals surface area contributed by atoms with Gasteiger partial charge in [-0.1, -0.05) is 35.5 Å². The maximum Gasteiger partial charge on any atom is 0.320 e. The van der Waals surface area contributed by atoms with E-state index in [1.807, 2.05) is 37.3 Å². The number of piperazine rings is 1. The number of benzene rings is 2. The van der Waals surface area contributed by atoms with E-state index in [4.69, 9.17) is 9.57 Å². The standard InChI is InChI=1S/C27H35N5O3/c1-2-34-25(33)20-30-14-12-24(13-15-30)32-18-16-31(17-19-32)23-10-8-21(9-11-23)26-28-27(35-29-26)22-6-4-3-5-7-22/h3-11,24,27H,2,12-20H2,1H3,(H,28,29). The van der Waals surface area contributed by atoms with Crippen LogP contribution in [0.5, 0.6) is 0 Å². The van der Waals surface area contributed by atoms with Gasteiger partial charge in [0.15, 0.2) is 5.84 Å². The zero-order valence-corrected chi connectivity index (χ0v) is 20.4. The Kier molecular flexibility index (Phi) is 7.49. The number of esters is 1.